The molecule has 0 radical (unpaired) electrons. The summed E-state index contributed by atoms with van der Waals surface area (Å²) in [5.41, 5.74) is 1.13. The summed E-state index contributed by atoms with van der Waals surface area (Å²) in [5, 5.41) is 3.08. The van der Waals surface area contributed by atoms with Gasteiger partial charge in [0.1, 0.15) is 0 Å². The zero-order chi connectivity index (χ0) is 18.2. The summed E-state index contributed by atoms with van der Waals surface area (Å²) in [6, 6.07) is 10.1. The van der Waals surface area contributed by atoms with Gasteiger partial charge in [-0.15, -0.1) is 0 Å². The predicted octanol–water partition coefficient (Wildman–Crippen LogP) is 1.29. The molecule has 1 amide bonds. The van der Waals surface area contributed by atoms with Crippen LogP contribution in [-0.4, -0.2) is 80.9 Å². The Kier molecular flexibility index (Phi) is 7.43. The lowest BCUT2D eigenvalue weighted by molar-refractivity contribution is -0.122. The summed E-state index contributed by atoms with van der Waals surface area (Å²) in [6.07, 6.45) is 1.25. The van der Waals surface area contributed by atoms with Crippen molar-refractivity contribution in [3.63, 3.8) is 0 Å². The quantitative estimate of drug-likeness (QED) is 0.756. The van der Waals surface area contributed by atoms with Crippen LogP contribution in [0, 0.1) is 0 Å². The number of carbonyl (C=O) groups is 1. The zero-order valence-corrected chi connectivity index (χ0v) is 15.7. The molecule has 26 heavy (non-hydrogen) atoms. The van der Waals surface area contributed by atoms with Gasteiger partial charge < -0.3 is 14.8 Å². The van der Waals surface area contributed by atoms with E-state index in [-0.39, 0.29) is 18.1 Å². The molecule has 2 heterocycles. The Morgan fingerprint density at radius 1 is 1.23 bits per heavy atom. The van der Waals surface area contributed by atoms with E-state index in [1.807, 2.05) is 37.3 Å². The lowest BCUT2D eigenvalue weighted by Gasteiger charge is -2.26. The van der Waals surface area contributed by atoms with Crippen LogP contribution in [0.3, 0.4) is 0 Å². The molecular weight excluding hydrogens is 330 g/mol. The maximum absolute atomic E-state index is 12.3. The van der Waals surface area contributed by atoms with Crippen LogP contribution in [0.5, 0.6) is 0 Å². The monoisotopic (exact) mass is 361 g/mol. The number of morpholine rings is 1. The van der Waals surface area contributed by atoms with Crippen molar-refractivity contribution < 1.29 is 14.3 Å². The fourth-order valence-corrected chi connectivity index (χ4v) is 3.57. The normalized spacial score (nSPS) is 23.0. The molecule has 1 aromatic rings. The van der Waals surface area contributed by atoms with Crippen molar-refractivity contribution in [2.24, 2.45) is 0 Å². The molecule has 2 saturated heterocycles. The zero-order valence-electron chi connectivity index (χ0n) is 15.7. The van der Waals surface area contributed by atoms with Crippen LogP contribution in [0.15, 0.2) is 30.3 Å². The van der Waals surface area contributed by atoms with E-state index < -0.39 is 0 Å². The number of hydrogen-bond donors (Lipinski definition) is 1. The first-order valence-corrected chi connectivity index (χ1v) is 9.69. The second kappa shape index (κ2) is 10.0. The van der Waals surface area contributed by atoms with Gasteiger partial charge in [-0.1, -0.05) is 30.3 Å². The van der Waals surface area contributed by atoms with Crippen molar-refractivity contribution in [3.05, 3.63) is 35.9 Å². The summed E-state index contributed by atoms with van der Waals surface area (Å²) in [6.45, 7) is 9.62. The molecule has 3 rings (SSSR count). The maximum Gasteiger partial charge on any atom is 0.234 e. The highest BCUT2D eigenvalue weighted by atomic mass is 16.5. The van der Waals surface area contributed by atoms with E-state index in [1.165, 1.54) is 0 Å². The number of nitrogens with zero attached hydrogens (tertiary/aromatic N) is 2. The van der Waals surface area contributed by atoms with Gasteiger partial charge in [-0.2, -0.15) is 0 Å². The molecule has 0 saturated carbocycles. The van der Waals surface area contributed by atoms with Gasteiger partial charge in [-0.05, 0) is 18.9 Å². The van der Waals surface area contributed by atoms with E-state index in [0.29, 0.717) is 6.54 Å². The third-order valence-corrected chi connectivity index (χ3v) is 5.14. The van der Waals surface area contributed by atoms with E-state index in [2.05, 4.69) is 15.1 Å². The van der Waals surface area contributed by atoms with Gasteiger partial charge in [0, 0.05) is 32.7 Å². The third-order valence-electron chi connectivity index (χ3n) is 5.14. The molecule has 2 aliphatic heterocycles. The van der Waals surface area contributed by atoms with Crippen LogP contribution in [0.2, 0.25) is 0 Å². The number of ether oxygens (including phenoxy) is 2. The number of rotatable bonds is 8. The first-order chi connectivity index (χ1) is 12.7. The van der Waals surface area contributed by atoms with Gasteiger partial charge in [0.25, 0.3) is 0 Å². The second-order valence-corrected chi connectivity index (χ2v) is 7.17. The molecule has 0 spiro atoms. The van der Waals surface area contributed by atoms with Crippen molar-refractivity contribution in [1.29, 1.82) is 0 Å². The minimum atomic E-state index is 0.0341. The molecule has 6 heteroatoms. The Morgan fingerprint density at radius 2 is 2.00 bits per heavy atom. The number of likely N-dealkylation sites (tertiary alicyclic amines) is 1. The first-order valence-electron chi connectivity index (χ1n) is 9.69. The van der Waals surface area contributed by atoms with Crippen molar-refractivity contribution in [3.8, 4) is 0 Å². The summed E-state index contributed by atoms with van der Waals surface area (Å²) < 4.78 is 11.4. The van der Waals surface area contributed by atoms with Crippen LogP contribution in [0.4, 0.5) is 0 Å². The summed E-state index contributed by atoms with van der Waals surface area (Å²) in [5.74, 6) is 0.0790. The Morgan fingerprint density at radius 3 is 2.77 bits per heavy atom. The highest BCUT2D eigenvalue weighted by molar-refractivity contribution is 5.78. The molecule has 2 atom stereocenters. The van der Waals surface area contributed by atoms with Crippen molar-refractivity contribution in [2.75, 3.05) is 59.1 Å². The standard InChI is InChI=1S/C20H31N3O3/c1-17(18-5-3-2-4-6-18)21-20(24)16-23-8-7-19(15-23)26-14-11-22-9-12-25-13-10-22/h2-6,17,19H,7-16H2,1H3,(H,21,24)/t17-,19+/m1/s1. The summed E-state index contributed by atoms with van der Waals surface area (Å²) >= 11 is 0. The number of carbonyl (C=O) groups excluding carboxylic acids is 1. The SMILES string of the molecule is C[C@@H](NC(=O)CN1CC[C@H](OCCN2CCOCC2)C1)c1ccccc1. The summed E-state index contributed by atoms with van der Waals surface area (Å²) in [7, 11) is 0. The number of hydrogen-bond acceptors (Lipinski definition) is 5. The minimum absolute atomic E-state index is 0.0341. The molecule has 0 aromatic heterocycles. The Hall–Kier alpha value is -1.47. The molecule has 0 aliphatic carbocycles. The van der Waals surface area contributed by atoms with Gasteiger partial charge in [0.2, 0.25) is 5.91 Å². The van der Waals surface area contributed by atoms with Crippen LogP contribution in [0.25, 0.3) is 0 Å². The molecule has 6 nitrogen and oxygen atoms in total. The Balaban J connectivity index is 1.31. The lowest BCUT2D eigenvalue weighted by atomic mass is 10.1. The van der Waals surface area contributed by atoms with E-state index >= 15 is 0 Å². The average molecular weight is 361 g/mol. The molecule has 2 aliphatic rings. The maximum atomic E-state index is 12.3. The fourth-order valence-electron chi connectivity index (χ4n) is 3.57. The van der Waals surface area contributed by atoms with Gasteiger partial charge in [0.05, 0.1) is 38.5 Å². The van der Waals surface area contributed by atoms with E-state index in [9.17, 15) is 4.79 Å². The predicted molar refractivity (Wildman–Crippen MR) is 101 cm³/mol. The van der Waals surface area contributed by atoms with Gasteiger partial charge >= 0.3 is 0 Å². The smallest absolute Gasteiger partial charge is 0.234 e. The summed E-state index contributed by atoms with van der Waals surface area (Å²) in [4.78, 5) is 16.9. The third kappa shape index (κ3) is 6.06. The number of nitrogens with one attached hydrogen (secondary N) is 1. The molecule has 1 N–H and O–H groups in total. The topological polar surface area (TPSA) is 54.0 Å². The van der Waals surface area contributed by atoms with Crippen LogP contribution < -0.4 is 5.32 Å². The molecule has 144 valence electrons. The van der Waals surface area contributed by atoms with E-state index in [0.717, 1.165) is 64.5 Å². The molecular formula is C20H31N3O3. The fraction of sp³-hybridized carbons (Fsp3) is 0.650. The molecule has 2 fully saturated rings. The lowest BCUT2D eigenvalue weighted by Crippen LogP contribution is -2.39. The van der Waals surface area contributed by atoms with E-state index in [4.69, 9.17) is 9.47 Å². The van der Waals surface area contributed by atoms with Crippen LogP contribution >= 0.6 is 0 Å². The highest BCUT2D eigenvalue weighted by Crippen LogP contribution is 2.14. The minimum Gasteiger partial charge on any atom is -0.379 e. The number of amides is 1. The van der Waals surface area contributed by atoms with Crippen molar-refractivity contribution in [1.82, 2.24) is 15.1 Å². The van der Waals surface area contributed by atoms with Gasteiger partial charge in [-0.25, -0.2) is 0 Å². The second-order valence-electron chi connectivity index (χ2n) is 7.17. The average Bonchev–Trinajstić information content (AvgIpc) is 3.10. The van der Waals surface area contributed by atoms with Crippen LogP contribution in [-0.2, 0) is 14.3 Å². The molecule has 0 unspecified atom stereocenters. The van der Waals surface area contributed by atoms with Gasteiger partial charge in [-0.3, -0.25) is 14.6 Å². The Bertz CT molecular complexity index is 548. The molecule has 0 bridgehead atoms. The van der Waals surface area contributed by atoms with Crippen molar-refractivity contribution in [2.45, 2.75) is 25.5 Å². The molecule has 1 aromatic carbocycles. The first kappa shape index (κ1) is 19.3. The van der Waals surface area contributed by atoms with Crippen molar-refractivity contribution >= 4 is 5.91 Å². The number of benzene rings is 1. The highest BCUT2D eigenvalue weighted by Gasteiger charge is 2.25. The van der Waals surface area contributed by atoms with E-state index in [1.54, 1.807) is 0 Å². The van der Waals surface area contributed by atoms with Gasteiger partial charge in [0.15, 0.2) is 0 Å². The largest absolute Gasteiger partial charge is 0.379 e. The van der Waals surface area contributed by atoms with Crippen LogP contribution in [0.1, 0.15) is 24.9 Å². The Labute approximate surface area is 156 Å².